The highest BCUT2D eigenvalue weighted by Crippen LogP contribution is 2.32. The summed E-state index contributed by atoms with van der Waals surface area (Å²) in [6, 6.07) is 11.1. The fraction of sp³-hybridized carbons (Fsp3) is 0.417. The molecule has 6 nitrogen and oxygen atoms in total. The van der Waals surface area contributed by atoms with E-state index in [0.717, 1.165) is 5.56 Å². The van der Waals surface area contributed by atoms with Crippen molar-refractivity contribution in [3.05, 3.63) is 59.4 Å². The first-order valence-corrected chi connectivity index (χ1v) is 10.4. The molecule has 0 aliphatic carbocycles. The number of amides is 2. The largest absolute Gasteiger partial charge is 0.454 e. The lowest BCUT2D eigenvalue weighted by molar-refractivity contribution is -0.141. The third-order valence-electron chi connectivity index (χ3n) is 5.03. The van der Waals surface area contributed by atoms with Crippen LogP contribution in [0.4, 0.5) is 4.39 Å². The first-order chi connectivity index (χ1) is 14.6. The number of ether oxygens (including phenoxy) is 2. The molecular formula is C24H29FN2O4. The molecule has 1 N–H and O–H groups in total. The van der Waals surface area contributed by atoms with Gasteiger partial charge >= 0.3 is 0 Å². The Bertz CT molecular complexity index is 955. The van der Waals surface area contributed by atoms with Crippen molar-refractivity contribution >= 4 is 11.8 Å². The zero-order valence-corrected chi connectivity index (χ0v) is 18.4. The minimum atomic E-state index is -0.747. The van der Waals surface area contributed by atoms with Gasteiger partial charge in [-0.25, -0.2) is 4.39 Å². The topological polar surface area (TPSA) is 67.9 Å². The summed E-state index contributed by atoms with van der Waals surface area (Å²) < 4.78 is 25.0. The second-order valence-corrected chi connectivity index (χ2v) is 8.72. The van der Waals surface area contributed by atoms with E-state index < -0.39 is 17.4 Å². The average Bonchev–Trinajstić information content (AvgIpc) is 3.17. The van der Waals surface area contributed by atoms with E-state index in [1.54, 1.807) is 25.1 Å². The molecule has 2 aromatic carbocycles. The van der Waals surface area contributed by atoms with Gasteiger partial charge in [-0.05, 0) is 57.9 Å². The van der Waals surface area contributed by atoms with Crippen LogP contribution in [0.1, 0.15) is 45.2 Å². The lowest BCUT2D eigenvalue weighted by Crippen LogP contribution is -2.52. The molecule has 1 aliphatic heterocycles. The Kier molecular flexibility index (Phi) is 6.83. The van der Waals surface area contributed by atoms with Crippen LogP contribution in [0, 0.1) is 5.82 Å². The Morgan fingerprint density at radius 2 is 1.84 bits per heavy atom. The van der Waals surface area contributed by atoms with Crippen LogP contribution < -0.4 is 14.8 Å². The van der Waals surface area contributed by atoms with E-state index in [9.17, 15) is 14.0 Å². The molecule has 7 heteroatoms. The number of hydrogen-bond acceptors (Lipinski definition) is 4. The number of nitrogens with one attached hydrogen (secondary N) is 1. The number of aryl methyl sites for hydroxylation is 1. The van der Waals surface area contributed by atoms with Crippen LogP contribution in [-0.2, 0) is 22.6 Å². The lowest BCUT2D eigenvalue weighted by Gasteiger charge is -2.31. The SMILES string of the molecule is C[C@@H](C(=O)NC(C)(C)C)N(Cc1ccccc1F)C(=O)CCc1ccc2c(c1)OCO2. The standard InChI is InChI=1S/C24H29FN2O4/c1-16(23(29)26-24(2,3)4)27(14-18-7-5-6-8-19(18)25)22(28)12-10-17-9-11-20-21(13-17)31-15-30-20/h5-9,11,13,16H,10,12,14-15H2,1-4H3,(H,26,29)/t16-/m0/s1. The van der Waals surface area contributed by atoms with Crippen LogP contribution in [0.5, 0.6) is 11.5 Å². The summed E-state index contributed by atoms with van der Waals surface area (Å²) in [7, 11) is 0. The third-order valence-corrected chi connectivity index (χ3v) is 5.03. The van der Waals surface area contributed by atoms with E-state index in [0.29, 0.717) is 23.5 Å². The lowest BCUT2D eigenvalue weighted by atomic mass is 10.1. The smallest absolute Gasteiger partial charge is 0.242 e. The van der Waals surface area contributed by atoms with E-state index in [4.69, 9.17) is 9.47 Å². The molecule has 0 saturated carbocycles. The van der Waals surface area contributed by atoms with Crippen LogP contribution >= 0.6 is 0 Å². The number of halogens is 1. The number of rotatable bonds is 7. The van der Waals surface area contributed by atoms with Gasteiger partial charge in [0, 0.05) is 24.1 Å². The van der Waals surface area contributed by atoms with Gasteiger partial charge in [-0.15, -0.1) is 0 Å². The molecule has 0 unspecified atom stereocenters. The maximum atomic E-state index is 14.3. The molecule has 1 heterocycles. The Hall–Kier alpha value is -3.09. The fourth-order valence-electron chi connectivity index (χ4n) is 3.36. The zero-order valence-electron chi connectivity index (χ0n) is 18.4. The van der Waals surface area contributed by atoms with Gasteiger partial charge in [0.05, 0.1) is 0 Å². The minimum Gasteiger partial charge on any atom is -0.454 e. The summed E-state index contributed by atoms with van der Waals surface area (Å²) in [5.41, 5.74) is 0.856. The highest BCUT2D eigenvalue weighted by Gasteiger charge is 2.29. The first kappa shape index (κ1) is 22.6. The molecule has 0 spiro atoms. The Morgan fingerprint density at radius 3 is 2.55 bits per heavy atom. The molecule has 0 radical (unpaired) electrons. The van der Waals surface area contributed by atoms with Crippen LogP contribution in [0.15, 0.2) is 42.5 Å². The van der Waals surface area contributed by atoms with Gasteiger partial charge in [0.15, 0.2) is 11.5 Å². The van der Waals surface area contributed by atoms with E-state index >= 15 is 0 Å². The number of carbonyl (C=O) groups excluding carboxylic acids is 2. The highest BCUT2D eigenvalue weighted by molar-refractivity contribution is 5.87. The maximum absolute atomic E-state index is 14.3. The predicted molar refractivity (Wildman–Crippen MR) is 115 cm³/mol. The minimum absolute atomic E-state index is 0.0192. The Morgan fingerprint density at radius 1 is 1.13 bits per heavy atom. The maximum Gasteiger partial charge on any atom is 0.242 e. The van der Waals surface area contributed by atoms with Gasteiger partial charge in [0.25, 0.3) is 0 Å². The van der Waals surface area contributed by atoms with E-state index in [-0.39, 0.29) is 31.6 Å². The fourth-order valence-corrected chi connectivity index (χ4v) is 3.36. The number of fused-ring (bicyclic) bond motifs is 1. The summed E-state index contributed by atoms with van der Waals surface area (Å²) in [4.78, 5) is 27.3. The van der Waals surface area contributed by atoms with Crippen molar-refractivity contribution in [3.8, 4) is 11.5 Å². The third kappa shape index (κ3) is 5.96. The van der Waals surface area contributed by atoms with E-state index in [1.807, 2.05) is 39.0 Å². The van der Waals surface area contributed by atoms with Crippen molar-refractivity contribution in [2.45, 2.75) is 58.7 Å². The van der Waals surface area contributed by atoms with Gasteiger partial charge < -0.3 is 19.7 Å². The summed E-state index contributed by atoms with van der Waals surface area (Å²) in [6.07, 6.45) is 0.651. The Balaban J connectivity index is 1.74. The summed E-state index contributed by atoms with van der Waals surface area (Å²) >= 11 is 0. The molecule has 0 bridgehead atoms. The number of benzene rings is 2. The molecule has 31 heavy (non-hydrogen) atoms. The summed E-state index contributed by atoms with van der Waals surface area (Å²) in [5.74, 6) is 0.437. The van der Waals surface area contributed by atoms with Crippen molar-refractivity contribution in [1.82, 2.24) is 10.2 Å². The van der Waals surface area contributed by atoms with E-state index in [1.165, 1.54) is 11.0 Å². The molecule has 0 fully saturated rings. The van der Waals surface area contributed by atoms with Crippen LogP contribution in [0.2, 0.25) is 0 Å². The summed E-state index contributed by atoms with van der Waals surface area (Å²) in [6.45, 7) is 7.50. The molecule has 0 aromatic heterocycles. The van der Waals surface area contributed by atoms with Crippen molar-refractivity contribution in [2.75, 3.05) is 6.79 Å². The summed E-state index contributed by atoms with van der Waals surface area (Å²) in [5, 5.41) is 2.90. The van der Waals surface area contributed by atoms with Crippen molar-refractivity contribution in [3.63, 3.8) is 0 Å². The second kappa shape index (κ2) is 9.37. The van der Waals surface area contributed by atoms with Crippen LogP contribution in [0.3, 0.4) is 0 Å². The average molecular weight is 429 g/mol. The molecule has 0 saturated heterocycles. The Labute approximate surface area is 182 Å². The molecular weight excluding hydrogens is 399 g/mol. The second-order valence-electron chi connectivity index (χ2n) is 8.72. The monoisotopic (exact) mass is 428 g/mol. The quantitative estimate of drug-likeness (QED) is 0.728. The van der Waals surface area contributed by atoms with Gasteiger partial charge in [-0.1, -0.05) is 24.3 Å². The predicted octanol–water partition coefficient (Wildman–Crippen LogP) is 3.82. The molecule has 166 valence electrons. The highest BCUT2D eigenvalue weighted by atomic mass is 19.1. The van der Waals surface area contributed by atoms with Crippen LogP contribution in [-0.4, -0.2) is 35.1 Å². The number of hydrogen-bond donors (Lipinski definition) is 1. The number of nitrogens with zero attached hydrogens (tertiary/aromatic N) is 1. The van der Waals surface area contributed by atoms with Crippen molar-refractivity contribution in [2.24, 2.45) is 0 Å². The normalized spacial score (nSPS) is 13.6. The van der Waals surface area contributed by atoms with Crippen molar-refractivity contribution < 1.29 is 23.5 Å². The van der Waals surface area contributed by atoms with Gasteiger partial charge in [-0.2, -0.15) is 0 Å². The number of carbonyl (C=O) groups is 2. The first-order valence-electron chi connectivity index (χ1n) is 10.4. The van der Waals surface area contributed by atoms with E-state index in [2.05, 4.69) is 5.32 Å². The van der Waals surface area contributed by atoms with Crippen molar-refractivity contribution in [1.29, 1.82) is 0 Å². The zero-order chi connectivity index (χ0) is 22.6. The van der Waals surface area contributed by atoms with Gasteiger partial charge in [0.1, 0.15) is 11.9 Å². The molecule has 1 aliphatic rings. The van der Waals surface area contributed by atoms with Crippen LogP contribution in [0.25, 0.3) is 0 Å². The molecule has 2 aromatic rings. The molecule has 1 atom stereocenters. The van der Waals surface area contributed by atoms with Gasteiger partial charge in [0.2, 0.25) is 18.6 Å². The molecule has 2 amide bonds. The van der Waals surface area contributed by atoms with Gasteiger partial charge in [-0.3, -0.25) is 9.59 Å². The molecule has 3 rings (SSSR count).